The molecular formula is C21H22N4O. The summed E-state index contributed by atoms with van der Waals surface area (Å²) in [6.45, 7) is 3.17. The van der Waals surface area contributed by atoms with Crippen LogP contribution in [0.5, 0.6) is 0 Å². The van der Waals surface area contributed by atoms with Crippen LogP contribution in [0.1, 0.15) is 28.3 Å². The van der Waals surface area contributed by atoms with Crippen molar-refractivity contribution < 1.29 is 4.79 Å². The number of pyridine rings is 2. The molecule has 0 saturated heterocycles. The molecule has 3 aromatic rings. The van der Waals surface area contributed by atoms with Crippen molar-refractivity contribution in [2.45, 2.75) is 26.1 Å². The fraction of sp³-hybridized carbons (Fsp3) is 0.190. The molecule has 0 radical (unpaired) electrons. The summed E-state index contributed by atoms with van der Waals surface area (Å²) in [6.07, 6.45) is 7.06. The van der Waals surface area contributed by atoms with Gasteiger partial charge in [0.1, 0.15) is 6.04 Å². The zero-order chi connectivity index (χ0) is 18.4. The van der Waals surface area contributed by atoms with E-state index in [4.69, 9.17) is 5.73 Å². The highest BCUT2D eigenvalue weighted by Gasteiger charge is 2.26. The largest absolute Gasteiger partial charge is 0.368 e. The molecule has 5 nitrogen and oxygen atoms in total. The van der Waals surface area contributed by atoms with E-state index in [9.17, 15) is 4.79 Å². The minimum absolute atomic E-state index is 0.369. The number of hydrogen-bond donors (Lipinski definition) is 1. The van der Waals surface area contributed by atoms with Crippen LogP contribution in [0.2, 0.25) is 0 Å². The molecule has 26 heavy (non-hydrogen) atoms. The molecule has 0 aliphatic carbocycles. The van der Waals surface area contributed by atoms with Crippen molar-refractivity contribution in [1.29, 1.82) is 0 Å². The molecule has 1 aromatic carbocycles. The molecule has 3 rings (SSSR count). The van der Waals surface area contributed by atoms with Gasteiger partial charge in [-0.15, -0.1) is 0 Å². The lowest BCUT2D eigenvalue weighted by Crippen LogP contribution is -2.37. The Labute approximate surface area is 153 Å². The second kappa shape index (κ2) is 8.36. The highest BCUT2D eigenvalue weighted by Crippen LogP contribution is 2.25. The third kappa shape index (κ3) is 4.52. The van der Waals surface area contributed by atoms with E-state index in [0.717, 1.165) is 22.3 Å². The molecule has 1 amide bonds. The minimum atomic E-state index is -0.524. The van der Waals surface area contributed by atoms with E-state index in [1.165, 1.54) is 0 Å². The maximum atomic E-state index is 12.4. The number of hydrogen-bond acceptors (Lipinski definition) is 4. The van der Waals surface area contributed by atoms with Crippen molar-refractivity contribution in [2.75, 3.05) is 0 Å². The summed E-state index contributed by atoms with van der Waals surface area (Å²) in [5.74, 6) is -0.369. The number of amides is 1. The van der Waals surface area contributed by atoms with Crippen molar-refractivity contribution in [2.24, 2.45) is 5.73 Å². The second-order valence-electron chi connectivity index (χ2n) is 6.34. The predicted octanol–water partition coefficient (Wildman–Crippen LogP) is 3.01. The third-order valence-electron chi connectivity index (χ3n) is 4.27. The SMILES string of the molecule is Cc1ccc(C(C(N)=O)N(Cc2ccncc2)Cc2cccnc2)cc1. The van der Waals surface area contributed by atoms with Gasteiger partial charge in [-0.2, -0.15) is 0 Å². The summed E-state index contributed by atoms with van der Waals surface area (Å²) in [4.78, 5) is 22.7. The Hall–Kier alpha value is -3.05. The van der Waals surface area contributed by atoms with E-state index in [1.54, 1.807) is 18.6 Å². The third-order valence-corrected chi connectivity index (χ3v) is 4.27. The molecule has 0 saturated carbocycles. The van der Waals surface area contributed by atoms with Gasteiger partial charge in [0, 0.05) is 37.9 Å². The molecule has 0 aliphatic heterocycles. The number of carbonyl (C=O) groups is 1. The van der Waals surface area contributed by atoms with Gasteiger partial charge >= 0.3 is 0 Å². The average molecular weight is 346 g/mol. The average Bonchev–Trinajstić information content (AvgIpc) is 2.65. The molecule has 1 atom stereocenters. The summed E-state index contributed by atoms with van der Waals surface area (Å²) in [6, 6.07) is 15.2. The van der Waals surface area contributed by atoms with Gasteiger partial charge in [-0.3, -0.25) is 19.7 Å². The number of carbonyl (C=O) groups excluding carboxylic acids is 1. The number of aromatic nitrogens is 2. The van der Waals surface area contributed by atoms with Crippen LogP contribution in [0.4, 0.5) is 0 Å². The quantitative estimate of drug-likeness (QED) is 0.714. The lowest BCUT2D eigenvalue weighted by Gasteiger charge is -2.30. The summed E-state index contributed by atoms with van der Waals surface area (Å²) in [5.41, 5.74) is 9.94. The Bertz CT molecular complexity index is 793. The first-order chi connectivity index (χ1) is 12.6. The van der Waals surface area contributed by atoms with Crippen LogP contribution < -0.4 is 5.73 Å². The smallest absolute Gasteiger partial charge is 0.239 e. The summed E-state index contributed by atoms with van der Waals surface area (Å²) < 4.78 is 0. The second-order valence-corrected chi connectivity index (χ2v) is 6.34. The molecule has 2 heterocycles. The van der Waals surface area contributed by atoms with E-state index < -0.39 is 6.04 Å². The van der Waals surface area contributed by atoms with Crippen LogP contribution in [0.3, 0.4) is 0 Å². The predicted molar refractivity (Wildman–Crippen MR) is 101 cm³/mol. The Morgan fingerprint density at radius 3 is 2.27 bits per heavy atom. The van der Waals surface area contributed by atoms with E-state index in [2.05, 4.69) is 14.9 Å². The highest BCUT2D eigenvalue weighted by atomic mass is 16.1. The van der Waals surface area contributed by atoms with E-state index >= 15 is 0 Å². The van der Waals surface area contributed by atoms with Gasteiger partial charge in [0.15, 0.2) is 0 Å². The lowest BCUT2D eigenvalue weighted by atomic mass is 10.0. The van der Waals surface area contributed by atoms with Crippen LogP contribution in [0.25, 0.3) is 0 Å². The molecule has 0 bridgehead atoms. The standard InChI is InChI=1S/C21H22N4O/c1-16-4-6-19(7-5-16)20(21(22)26)25(14-17-8-11-23-12-9-17)15-18-3-2-10-24-13-18/h2-13,20H,14-15H2,1H3,(H2,22,26). The fourth-order valence-electron chi connectivity index (χ4n) is 2.99. The first-order valence-corrected chi connectivity index (χ1v) is 8.51. The maximum Gasteiger partial charge on any atom is 0.239 e. The Morgan fingerprint density at radius 1 is 0.962 bits per heavy atom. The van der Waals surface area contributed by atoms with Crippen LogP contribution in [0, 0.1) is 6.92 Å². The van der Waals surface area contributed by atoms with Crippen molar-refractivity contribution in [1.82, 2.24) is 14.9 Å². The number of aryl methyl sites for hydroxylation is 1. The van der Waals surface area contributed by atoms with Gasteiger partial charge < -0.3 is 5.73 Å². The fourth-order valence-corrected chi connectivity index (χ4v) is 2.99. The number of nitrogens with zero attached hydrogens (tertiary/aromatic N) is 3. The van der Waals surface area contributed by atoms with Gasteiger partial charge in [0.2, 0.25) is 5.91 Å². The number of rotatable bonds is 7. The van der Waals surface area contributed by atoms with Crippen LogP contribution in [0.15, 0.2) is 73.3 Å². The van der Waals surface area contributed by atoms with Crippen LogP contribution in [-0.4, -0.2) is 20.8 Å². The van der Waals surface area contributed by atoms with Crippen LogP contribution >= 0.6 is 0 Å². The van der Waals surface area contributed by atoms with Gasteiger partial charge in [0.05, 0.1) is 0 Å². The number of primary amides is 1. The van der Waals surface area contributed by atoms with Crippen molar-refractivity contribution in [3.05, 3.63) is 95.6 Å². The maximum absolute atomic E-state index is 12.4. The normalized spacial score (nSPS) is 12.1. The lowest BCUT2D eigenvalue weighted by molar-refractivity contribution is -0.124. The molecule has 5 heteroatoms. The Balaban J connectivity index is 1.95. The zero-order valence-corrected chi connectivity index (χ0v) is 14.7. The van der Waals surface area contributed by atoms with Crippen molar-refractivity contribution in [3.63, 3.8) is 0 Å². The first kappa shape index (κ1) is 17.8. The van der Waals surface area contributed by atoms with E-state index in [0.29, 0.717) is 13.1 Å². The number of nitrogens with two attached hydrogens (primary N) is 1. The topological polar surface area (TPSA) is 72.1 Å². The molecule has 0 spiro atoms. The molecule has 132 valence electrons. The van der Waals surface area contributed by atoms with Crippen LogP contribution in [-0.2, 0) is 17.9 Å². The Morgan fingerprint density at radius 2 is 1.65 bits per heavy atom. The first-order valence-electron chi connectivity index (χ1n) is 8.51. The van der Waals surface area contributed by atoms with Crippen molar-refractivity contribution >= 4 is 5.91 Å². The summed E-state index contributed by atoms with van der Waals surface area (Å²) in [5, 5.41) is 0. The van der Waals surface area contributed by atoms with Gasteiger partial charge in [-0.05, 0) is 41.8 Å². The monoisotopic (exact) mass is 346 g/mol. The minimum Gasteiger partial charge on any atom is -0.368 e. The summed E-state index contributed by atoms with van der Waals surface area (Å²) in [7, 11) is 0. The van der Waals surface area contributed by atoms with Gasteiger partial charge in [-0.25, -0.2) is 0 Å². The molecule has 2 N–H and O–H groups in total. The molecule has 2 aromatic heterocycles. The molecule has 1 unspecified atom stereocenters. The van der Waals surface area contributed by atoms with Gasteiger partial charge in [-0.1, -0.05) is 35.9 Å². The molecular weight excluding hydrogens is 324 g/mol. The number of benzene rings is 1. The molecule has 0 aliphatic rings. The molecule has 0 fully saturated rings. The highest BCUT2D eigenvalue weighted by molar-refractivity contribution is 5.81. The van der Waals surface area contributed by atoms with E-state index in [1.807, 2.05) is 61.7 Å². The summed E-state index contributed by atoms with van der Waals surface area (Å²) >= 11 is 0. The van der Waals surface area contributed by atoms with Crippen molar-refractivity contribution in [3.8, 4) is 0 Å². The Kier molecular flexibility index (Phi) is 5.71. The van der Waals surface area contributed by atoms with E-state index in [-0.39, 0.29) is 5.91 Å². The zero-order valence-electron chi connectivity index (χ0n) is 14.7. The van der Waals surface area contributed by atoms with Gasteiger partial charge in [0.25, 0.3) is 0 Å².